The molecule has 2 nitrogen and oxygen atoms in total. The Kier molecular flexibility index (Phi) is 11.3. The third-order valence-electron chi connectivity index (χ3n) is 0.621. The number of hydrogen-bond acceptors (Lipinski definition) is 2. The maximum Gasteiger partial charge on any atom is 2.00 e. The summed E-state index contributed by atoms with van der Waals surface area (Å²) in [5, 5.41) is 8.44. The Balaban J connectivity index is -0.0000000417. The van der Waals surface area contributed by atoms with E-state index >= 15 is 0 Å². The molecule has 0 rings (SSSR count). The van der Waals surface area contributed by atoms with Crippen molar-refractivity contribution in [2.75, 3.05) is 7.11 Å². The van der Waals surface area contributed by atoms with E-state index in [1.54, 1.807) is 0 Å². The number of aliphatic hydroxyl groups is 1. The maximum atomic E-state index is 8.44. The second-order valence-corrected chi connectivity index (χ2v) is 1.10. The average molecular weight is 132 g/mol. The van der Waals surface area contributed by atoms with Crippen LogP contribution in [-0.2, 0) is 4.74 Å². The maximum absolute atomic E-state index is 8.44. The standard InChI is InChI=1S/C4H10O2.Ca.2H/c1-3-4(5)6-2;;;/h4-5H,3H2,1-2H3;;;/q;+2;2*-1. The molecule has 0 saturated carbocycles. The van der Waals surface area contributed by atoms with Crippen molar-refractivity contribution < 1.29 is 12.7 Å². The van der Waals surface area contributed by atoms with E-state index in [0.717, 1.165) is 0 Å². The third-order valence-corrected chi connectivity index (χ3v) is 0.621. The van der Waals surface area contributed by atoms with Crippen molar-refractivity contribution in [1.82, 2.24) is 0 Å². The van der Waals surface area contributed by atoms with E-state index in [1.807, 2.05) is 6.92 Å². The molecule has 0 bridgehead atoms. The topological polar surface area (TPSA) is 29.5 Å². The first kappa shape index (κ1) is 11.0. The molecule has 0 saturated heterocycles. The van der Waals surface area contributed by atoms with Crippen molar-refractivity contribution in [3.8, 4) is 0 Å². The summed E-state index contributed by atoms with van der Waals surface area (Å²) in [7, 11) is 1.48. The number of aliphatic hydroxyl groups excluding tert-OH is 1. The minimum atomic E-state index is -0.565. The van der Waals surface area contributed by atoms with Crippen LogP contribution < -0.4 is 0 Å². The Bertz CT molecular complexity index is 35.7. The van der Waals surface area contributed by atoms with Gasteiger partial charge in [-0.3, -0.25) is 0 Å². The van der Waals surface area contributed by atoms with Gasteiger partial charge in [0.05, 0.1) is 0 Å². The molecule has 3 heteroatoms. The van der Waals surface area contributed by atoms with Crippen LogP contribution in [0.2, 0.25) is 0 Å². The molecular weight excluding hydrogens is 120 g/mol. The van der Waals surface area contributed by atoms with Gasteiger partial charge in [-0.15, -0.1) is 0 Å². The van der Waals surface area contributed by atoms with Crippen LogP contribution >= 0.6 is 0 Å². The third kappa shape index (κ3) is 7.18. The predicted molar refractivity (Wildman–Crippen MR) is 31.3 cm³/mol. The molecule has 0 spiro atoms. The minimum absolute atomic E-state index is 0. The summed E-state index contributed by atoms with van der Waals surface area (Å²) in [5.74, 6) is 0. The van der Waals surface area contributed by atoms with Crippen molar-refractivity contribution in [3.05, 3.63) is 0 Å². The van der Waals surface area contributed by atoms with Gasteiger partial charge < -0.3 is 12.7 Å². The number of methoxy groups -OCH3 is 1. The summed E-state index contributed by atoms with van der Waals surface area (Å²) in [4.78, 5) is 0. The van der Waals surface area contributed by atoms with Crippen molar-refractivity contribution in [3.63, 3.8) is 0 Å². The van der Waals surface area contributed by atoms with Crippen molar-refractivity contribution in [1.29, 1.82) is 0 Å². The van der Waals surface area contributed by atoms with Gasteiger partial charge in [0.1, 0.15) is 0 Å². The summed E-state index contributed by atoms with van der Waals surface area (Å²) in [6.07, 6.45) is 0.0984. The quantitative estimate of drug-likeness (QED) is 0.430. The van der Waals surface area contributed by atoms with Gasteiger partial charge in [0.25, 0.3) is 0 Å². The van der Waals surface area contributed by atoms with Gasteiger partial charge in [0.15, 0.2) is 6.29 Å². The smallest absolute Gasteiger partial charge is 1.00 e. The van der Waals surface area contributed by atoms with E-state index < -0.39 is 6.29 Å². The Morgan fingerprint density at radius 1 is 1.86 bits per heavy atom. The molecule has 0 aromatic heterocycles. The zero-order valence-electron chi connectivity index (χ0n) is 6.85. The van der Waals surface area contributed by atoms with Gasteiger partial charge in [-0.1, -0.05) is 6.92 Å². The van der Waals surface area contributed by atoms with Crippen molar-refractivity contribution >= 4 is 37.7 Å². The second-order valence-electron chi connectivity index (χ2n) is 1.10. The Hall–Kier alpha value is 1.18. The van der Waals surface area contributed by atoms with E-state index in [9.17, 15) is 0 Å². The van der Waals surface area contributed by atoms with Gasteiger partial charge in [-0.2, -0.15) is 0 Å². The fraction of sp³-hybridized carbons (Fsp3) is 1.00. The first-order valence-corrected chi connectivity index (χ1v) is 2.02. The van der Waals surface area contributed by atoms with E-state index in [0.29, 0.717) is 6.42 Å². The molecule has 0 aromatic carbocycles. The van der Waals surface area contributed by atoms with Gasteiger partial charge >= 0.3 is 37.7 Å². The number of rotatable bonds is 2. The normalized spacial score (nSPS) is 12.4. The van der Waals surface area contributed by atoms with Crippen LogP contribution in [-0.4, -0.2) is 56.2 Å². The molecule has 0 aliphatic rings. The molecular formula is C4H12CaO2. The van der Waals surface area contributed by atoms with E-state index in [-0.39, 0.29) is 40.6 Å². The molecule has 0 aliphatic carbocycles. The molecule has 0 amide bonds. The zero-order valence-corrected chi connectivity index (χ0v) is 7.06. The van der Waals surface area contributed by atoms with Crippen LogP contribution in [0.15, 0.2) is 0 Å². The molecule has 0 aromatic rings. The summed E-state index contributed by atoms with van der Waals surface area (Å²) < 4.78 is 4.45. The summed E-state index contributed by atoms with van der Waals surface area (Å²) >= 11 is 0. The molecule has 0 aliphatic heterocycles. The van der Waals surface area contributed by atoms with Crippen LogP contribution in [0.25, 0.3) is 0 Å². The van der Waals surface area contributed by atoms with E-state index in [2.05, 4.69) is 4.74 Å². The van der Waals surface area contributed by atoms with Crippen molar-refractivity contribution in [2.45, 2.75) is 19.6 Å². The van der Waals surface area contributed by atoms with E-state index in [1.165, 1.54) is 7.11 Å². The fourth-order valence-corrected chi connectivity index (χ4v) is 0.167. The van der Waals surface area contributed by atoms with Crippen LogP contribution in [0.3, 0.4) is 0 Å². The van der Waals surface area contributed by atoms with Crippen molar-refractivity contribution in [2.24, 2.45) is 0 Å². The summed E-state index contributed by atoms with van der Waals surface area (Å²) in [5.41, 5.74) is 0. The Labute approximate surface area is 76.8 Å². The fourth-order valence-electron chi connectivity index (χ4n) is 0.167. The number of hydrogen-bond donors (Lipinski definition) is 1. The molecule has 1 atom stereocenters. The van der Waals surface area contributed by atoms with Crippen LogP contribution in [0, 0.1) is 0 Å². The first-order chi connectivity index (χ1) is 2.81. The second kappa shape index (κ2) is 7.18. The molecule has 1 unspecified atom stereocenters. The summed E-state index contributed by atoms with van der Waals surface area (Å²) in [6, 6.07) is 0. The number of ether oxygens (including phenoxy) is 1. The van der Waals surface area contributed by atoms with Crippen LogP contribution in [0.5, 0.6) is 0 Å². The molecule has 0 heterocycles. The SMILES string of the molecule is CCC(O)OC.[Ca+2].[H-].[H-]. The predicted octanol–water partition coefficient (Wildman–Crippen LogP) is 0.205. The minimum Gasteiger partial charge on any atom is -1.00 e. The Morgan fingerprint density at radius 2 is 2.29 bits per heavy atom. The van der Waals surface area contributed by atoms with Crippen LogP contribution in [0.4, 0.5) is 0 Å². The van der Waals surface area contributed by atoms with Crippen LogP contribution in [0.1, 0.15) is 16.2 Å². The largest absolute Gasteiger partial charge is 2.00 e. The van der Waals surface area contributed by atoms with Gasteiger partial charge in [-0.25, -0.2) is 0 Å². The molecule has 0 fully saturated rings. The average Bonchev–Trinajstić information content (AvgIpc) is 1.65. The molecule has 7 heavy (non-hydrogen) atoms. The molecule has 1 N–H and O–H groups in total. The molecule has 0 radical (unpaired) electrons. The van der Waals surface area contributed by atoms with Gasteiger partial charge in [0, 0.05) is 7.11 Å². The first-order valence-electron chi connectivity index (χ1n) is 2.02. The van der Waals surface area contributed by atoms with Gasteiger partial charge in [0.2, 0.25) is 0 Å². The van der Waals surface area contributed by atoms with Gasteiger partial charge in [-0.05, 0) is 6.42 Å². The Morgan fingerprint density at radius 3 is 2.29 bits per heavy atom. The van der Waals surface area contributed by atoms with E-state index in [4.69, 9.17) is 5.11 Å². The summed E-state index contributed by atoms with van der Waals surface area (Å²) in [6.45, 7) is 1.86. The zero-order chi connectivity index (χ0) is 4.99. The monoisotopic (exact) mass is 132 g/mol. The molecule has 42 valence electrons.